The summed E-state index contributed by atoms with van der Waals surface area (Å²) in [5.74, 6) is -0.340. The zero-order chi connectivity index (χ0) is 21.2. The average molecular weight is 375 g/mol. The first kappa shape index (κ1) is 22.9. The third kappa shape index (κ3) is 6.19. The van der Waals surface area contributed by atoms with Gasteiger partial charge in [-0.3, -0.25) is 14.4 Å². The van der Waals surface area contributed by atoms with Crippen molar-refractivity contribution < 1.29 is 14.4 Å². The molecule has 5 heteroatoms. The van der Waals surface area contributed by atoms with Crippen LogP contribution in [0.2, 0.25) is 0 Å². The van der Waals surface area contributed by atoms with Gasteiger partial charge in [0.1, 0.15) is 0 Å². The van der Waals surface area contributed by atoms with Crippen LogP contribution < -0.4 is 10.6 Å². The number of nitrogens with one attached hydrogen (secondary N) is 2. The van der Waals surface area contributed by atoms with Crippen molar-refractivity contribution >= 4 is 29.0 Å². The van der Waals surface area contributed by atoms with Crippen LogP contribution in [0.25, 0.3) is 0 Å². The van der Waals surface area contributed by atoms with Crippen LogP contribution in [-0.2, 0) is 9.59 Å². The van der Waals surface area contributed by atoms with Crippen LogP contribution in [0.15, 0.2) is 18.2 Å². The highest BCUT2D eigenvalue weighted by atomic mass is 16.2. The second kappa shape index (κ2) is 7.83. The number of hydrogen-bond acceptors (Lipinski definition) is 3. The van der Waals surface area contributed by atoms with Gasteiger partial charge in [-0.25, -0.2) is 0 Å². The predicted octanol–water partition coefficient (Wildman–Crippen LogP) is 5.27. The average Bonchev–Trinajstić information content (AvgIpc) is 2.51. The second-order valence-corrected chi connectivity index (χ2v) is 9.77. The molecule has 150 valence electrons. The number of carbonyl (C=O) groups excluding carboxylic acids is 3. The van der Waals surface area contributed by atoms with Gasteiger partial charge in [0.25, 0.3) is 0 Å². The molecule has 0 atom stereocenters. The number of Topliss-reactive ketones (excluding diaryl/α,β-unsaturated/α-hetero) is 1. The maximum atomic E-state index is 12.9. The molecule has 27 heavy (non-hydrogen) atoms. The highest BCUT2D eigenvalue weighted by Gasteiger charge is 2.28. The van der Waals surface area contributed by atoms with Gasteiger partial charge >= 0.3 is 0 Å². The van der Waals surface area contributed by atoms with Gasteiger partial charge in [0.2, 0.25) is 11.8 Å². The van der Waals surface area contributed by atoms with E-state index >= 15 is 0 Å². The maximum Gasteiger partial charge on any atom is 0.229 e. The van der Waals surface area contributed by atoms with E-state index < -0.39 is 16.2 Å². The van der Waals surface area contributed by atoms with Crippen molar-refractivity contribution in [1.82, 2.24) is 0 Å². The maximum absolute atomic E-state index is 12.9. The molecular formula is C22H34N2O3. The summed E-state index contributed by atoms with van der Waals surface area (Å²) < 4.78 is 0. The Morgan fingerprint density at radius 3 is 1.41 bits per heavy atom. The van der Waals surface area contributed by atoms with Crippen LogP contribution in [-0.4, -0.2) is 17.6 Å². The summed E-state index contributed by atoms with van der Waals surface area (Å²) >= 11 is 0. The molecule has 0 heterocycles. The predicted molar refractivity (Wildman–Crippen MR) is 111 cm³/mol. The Morgan fingerprint density at radius 1 is 0.741 bits per heavy atom. The summed E-state index contributed by atoms with van der Waals surface area (Å²) in [7, 11) is 0. The molecule has 0 fully saturated rings. The van der Waals surface area contributed by atoms with Gasteiger partial charge in [-0.1, -0.05) is 62.3 Å². The molecule has 0 saturated heterocycles. The van der Waals surface area contributed by atoms with Crippen molar-refractivity contribution in [3.05, 3.63) is 23.8 Å². The van der Waals surface area contributed by atoms with E-state index in [0.717, 1.165) is 0 Å². The van der Waals surface area contributed by atoms with Crippen molar-refractivity contribution in [2.45, 2.75) is 68.7 Å². The van der Waals surface area contributed by atoms with Crippen LogP contribution in [0.1, 0.15) is 79.1 Å². The Morgan fingerprint density at radius 2 is 1.11 bits per heavy atom. The molecule has 1 aromatic rings. The fraction of sp³-hybridized carbons (Fsp3) is 0.591. The molecule has 5 nitrogen and oxygen atoms in total. The minimum absolute atomic E-state index is 0.0249. The van der Waals surface area contributed by atoms with E-state index in [-0.39, 0.29) is 17.6 Å². The lowest BCUT2D eigenvalue weighted by molar-refractivity contribution is -0.123. The SMILES string of the molecule is CCC(C)(C)C(=O)c1cc(NC(=O)C(C)(C)C)cc(NC(=O)C(C)(C)C)c1. The Hall–Kier alpha value is -2.17. The van der Waals surface area contributed by atoms with Gasteiger partial charge in [-0.15, -0.1) is 0 Å². The topological polar surface area (TPSA) is 75.3 Å². The monoisotopic (exact) mass is 374 g/mol. The largest absolute Gasteiger partial charge is 0.326 e. The Balaban J connectivity index is 3.36. The zero-order valence-electron chi connectivity index (χ0n) is 18.2. The number of benzene rings is 1. The molecule has 0 saturated carbocycles. The lowest BCUT2D eigenvalue weighted by Gasteiger charge is -2.23. The summed E-state index contributed by atoms with van der Waals surface area (Å²) in [6.07, 6.45) is 0.689. The normalized spacial score (nSPS) is 12.5. The Labute approximate surface area is 163 Å². The summed E-state index contributed by atoms with van der Waals surface area (Å²) in [6, 6.07) is 5.04. The van der Waals surface area contributed by atoms with E-state index in [2.05, 4.69) is 10.6 Å². The van der Waals surface area contributed by atoms with Crippen molar-refractivity contribution in [2.24, 2.45) is 16.2 Å². The van der Waals surface area contributed by atoms with E-state index in [1.54, 1.807) is 18.2 Å². The highest BCUT2D eigenvalue weighted by molar-refractivity contribution is 6.04. The van der Waals surface area contributed by atoms with Gasteiger partial charge in [-0.2, -0.15) is 0 Å². The van der Waals surface area contributed by atoms with Crippen LogP contribution >= 0.6 is 0 Å². The summed E-state index contributed by atoms with van der Waals surface area (Å²) in [4.78, 5) is 37.7. The molecule has 1 rings (SSSR count). The molecule has 0 unspecified atom stereocenters. The summed E-state index contributed by atoms with van der Waals surface area (Å²) in [5.41, 5.74) is -0.209. The number of rotatable bonds is 5. The third-order valence-corrected chi connectivity index (χ3v) is 4.57. The molecule has 0 aliphatic heterocycles. The molecule has 2 N–H and O–H groups in total. The number of amides is 2. The molecule has 2 amide bonds. The Kier molecular flexibility index (Phi) is 6.63. The van der Waals surface area contributed by atoms with E-state index in [4.69, 9.17) is 0 Å². The van der Waals surface area contributed by atoms with Crippen molar-refractivity contribution in [3.63, 3.8) is 0 Å². The fourth-order valence-corrected chi connectivity index (χ4v) is 2.09. The van der Waals surface area contributed by atoms with E-state index in [0.29, 0.717) is 23.4 Å². The number of ketones is 1. The summed E-state index contributed by atoms with van der Waals surface area (Å²) in [6.45, 7) is 16.7. The molecule has 0 aromatic heterocycles. The quantitative estimate of drug-likeness (QED) is 0.689. The fourth-order valence-electron chi connectivity index (χ4n) is 2.09. The number of hydrogen-bond donors (Lipinski definition) is 2. The zero-order valence-corrected chi connectivity index (χ0v) is 18.2. The molecule has 1 aromatic carbocycles. The lowest BCUT2D eigenvalue weighted by Crippen LogP contribution is -2.29. The Bertz CT molecular complexity index is 689. The van der Waals surface area contributed by atoms with Gasteiger partial charge < -0.3 is 10.6 Å². The van der Waals surface area contributed by atoms with Gasteiger partial charge in [-0.05, 0) is 24.6 Å². The van der Waals surface area contributed by atoms with Crippen LogP contribution in [0, 0.1) is 16.2 Å². The standard InChI is InChI=1S/C22H34N2O3/c1-10-22(8,9)17(25)14-11-15(23-18(26)20(2,3)4)13-16(12-14)24-19(27)21(5,6)7/h11-13H,10H2,1-9H3,(H,23,26)(H,24,27). The van der Waals surface area contributed by atoms with Crippen molar-refractivity contribution in [1.29, 1.82) is 0 Å². The van der Waals surface area contributed by atoms with Crippen LogP contribution in [0.3, 0.4) is 0 Å². The molecule has 0 bridgehead atoms. The van der Waals surface area contributed by atoms with Crippen molar-refractivity contribution in [3.8, 4) is 0 Å². The first-order valence-corrected chi connectivity index (χ1v) is 9.41. The lowest BCUT2D eigenvalue weighted by atomic mass is 9.82. The van der Waals surface area contributed by atoms with Gasteiger partial charge in [0, 0.05) is 33.2 Å². The summed E-state index contributed by atoms with van der Waals surface area (Å²) in [5, 5.41) is 5.71. The van der Waals surface area contributed by atoms with E-state index in [1.165, 1.54) is 0 Å². The first-order chi connectivity index (χ1) is 12.1. The van der Waals surface area contributed by atoms with E-state index in [9.17, 15) is 14.4 Å². The number of anilines is 2. The second-order valence-electron chi connectivity index (χ2n) is 9.77. The van der Waals surface area contributed by atoms with Crippen LogP contribution in [0.4, 0.5) is 11.4 Å². The smallest absolute Gasteiger partial charge is 0.229 e. The molecule has 0 spiro atoms. The highest BCUT2D eigenvalue weighted by Crippen LogP contribution is 2.30. The minimum Gasteiger partial charge on any atom is -0.326 e. The third-order valence-electron chi connectivity index (χ3n) is 4.57. The minimum atomic E-state index is -0.572. The van der Waals surface area contributed by atoms with Gasteiger partial charge in [0.15, 0.2) is 5.78 Å². The first-order valence-electron chi connectivity index (χ1n) is 9.41. The van der Waals surface area contributed by atoms with Crippen molar-refractivity contribution in [2.75, 3.05) is 10.6 Å². The molecule has 0 radical (unpaired) electrons. The molecular weight excluding hydrogens is 340 g/mol. The molecule has 0 aliphatic carbocycles. The molecule has 0 aliphatic rings. The van der Waals surface area contributed by atoms with Crippen LogP contribution in [0.5, 0.6) is 0 Å². The number of carbonyl (C=O) groups is 3. The van der Waals surface area contributed by atoms with E-state index in [1.807, 2.05) is 62.3 Å². The van der Waals surface area contributed by atoms with Gasteiger partial charge in [0.05, 0.1) is 0 Å².